The monoisotopic (exact) mass is 586 g/mol. The average molecular weight is 587 g/mol. The summed E-state index contributed by atoms with van der Waals surface area (Å²) in [7, 11) is 0. The molecule has 1 aliphatic rings. The highest BCUT2D eigenvalue weighted by Gasteiger charge is 2.41. The number of carbonyl (C=O) groups excluding carboxylic acids is 2. The van der Waals surface area contributed by atoms with E-state index in [2.05, 4.69) is 15.9 Å². The smallest absolute Gasteiger partial charge is 0.270 e. The standard InChI is InChI=1S/C30H20BrFN2O3S/c31-26-18-21(13-16-27(26)37-19-20-11-14-22(32)15-12-20)17-25-28(35)33(23-7-3-1-4-8-23)30(38)34(29(25)36)24-9-5-2-6-10-24/h1-18H,19H2. The van der Waals surface area contributed by atoms with Gasteiger partial charge in [-0.2, -0.15) is 0 Å². The second-order valence-corrected chi connectivity index (χ2v) is 9.62. The molecule has 0 bridgehead atoms. The van der Waals surface area contributed by atoms with Gasteiger partial charge in [0.15, 0.2) is 5.11 Å². The van der Waals surface area contributed by atoms with E-state index in [1.165, 1.54) is 21.9 Å². The van der Waals surface area contributed by atoms with Crippen LogP contribution in [0.5, 0.6) is 5.75 Å². The quantitative estimate of drug-likeness (QED) is 0.140. The molecule has 1 aliphatic heterocycles. The number of rotatable bonds is 6. The van der Waals surface area contributed by atoms with E-state index in [9.17, 15) is 14.0 Å². The Morgan fingerprint density at radius 2 is 1.34 bits per heavy atom. The van der Waals surface area contributed by atoms with Crippen LogP contribution in [-0.2, 0) is 16.2 Å². The number of anilines is 2. The van der Waals surface area contributed by atoms with Crippen molar-refractivity contribution in [3.8, 4) is 5.75 Å². The summed E-state index contributed by atoms with van der Waals surface area (Å²) in [5, 5.41) is 0.0836. The summed E-state index contributed by atoms with van der Waals surface area (Å²) in [5.74, 6) is -0.760. The average Bonchev–Trinajstić information content (AvgIpc) is 2.93. The molecule has 0 N–H and O–H groups in total. The van der Waals surface area contributed by atoms with Crippen molar-refractivity contribution in [2.45, 2.75) is 6.61 Å². The van der Waals surface area contributed by atoms with E-state index in [4.69, 9.17) is 17.0 Å². The zero-order valence-electron chi connectivity index (χ0n) is 19.9. The Morgan fingerprint density at radius 1 is 0.789 bits per heavy atom. The van der Waals surface area contributed by atoms with Crippen LogP contribution in [0.25, 0.3) is 6.08 Å². The van der Waals surface area contributed by atoms with Crippen LogP contribution >= 0.6 is 28.1 Å². The van der Waals surface area contributed by atoms with Crippen molar-refractivity contribution in [1.29, 1.82) is 0 Å². The van der Waals surface area contributed by atoms with E-state index < -0.39 is 11.8 Å². The molecule has 0 aromatic heterocycles. The molecular weight excluding hydrogens is 567 g/mol. The molecule has 1 heterocycles. The number of hydrogen-bond acceptors (Lipinski definition) is 4. The zero-order valence-corrected chi connectivity index (χ0v) is 22.3. The minimum absolute atomic E-state index is 0.0295. The van der Waals surface area contributed by atoms with Gasteiger partial charge in [-0.3, -0.25) is 19.4 Å². The molecule has 4 aromatic rings. The van der Waals surface area contributed by atoms with E-state index in [-0.39, 0.29) is 23.1 Å². The molecule has 188 valence electrons. The second kappa shape index (κ2) is 11.1. The summed E-state index contributed by atoms with van der Waals surface area (Å²) >= 11 is 9.15. The van der Waals surface area contributed by atoms with Gasteiger partial charge in [-0.05, 0) is 93.9 Å². The molecule has 0 aliphatic carbocycles. The predicted octanol–water partition coefficient (Wildman–Crippen LogP) is 6.92. The minimum atomic E-state index is -0.508. The molecule has 2 amide bonds. The van der Waals surface area contributed by atoms with Gasteiger partial charge in [-0.25, -0.2) is 4.39 Å². The number of halogens is 2. The summed E-state index contributed by atoms with van der Waals surface area (Å²) in [4.78, 5) is 30.0. The topological polar surface area (TPSA) is 49.9 Å². The number of carbonyl (C=O) groups is 2. The normalized spacial score (nSPS) is 13.6. The molecule has 0 radical (unpaired) electrons. The highest BCUT2D eigenvalue weighted by atomic mass is 79.9. The SMILES string of the molecule is O=C1C(=Cc2ccc(OCc3ccc(F)cc3)c(Br)c2)C(=O)N(c2ccccc2)C(=S)N1c1ccccc1. The van der Waals surface area contributed by atoms with E-state index in [1.54, 1.807) is 84.9 Å². The van der Waals surface area contributed by atoms with E-state index >= 15 is 0 Å². The lowest BCUT2D eigenvalue weighted by Crippen LogP contribution is -2.56. The Balaban J connectivity index is 1.47. The number of hydrogen-bond donors (Lipinski definition) is 0. The summed E-state index contributed by atoms with van der Waals surface area (Å²) in [5.41, 5.74) is 2.54. The lowest BCUT2D eigenvalue weighted by atomic mass is 10.0. The lowest BCUT2D eigenvalue weighted by Gasteiger charge is -2.36. The number of nitrogens with zero attached hydrogens (tertiary/aromatic N) is 2. The van der Waals surface area contributed by atoms with Crippen molar-refractivity contribution < 1.29 is 18.7 Å². The summed E-state index contributed by atoms with van der Waals surface area (Å²) in [6, 6.07) is 29.3. The van der Waals surface area contributed by atoms with Crippen LogP contribution in [0, 0.1) is 5.82 Å². The molecule has 0 spiro atoms. The molecule has 1 saturated heterocycles. The fourth-order valence-corrected chi connectivity index (χ4v) is 4.86. The van der Waals surface area contributed by atoms with Gasteiger partial charge in [0.2, 0.25) is 0 Å². The summed E-state index contributed by atoms with van der Waals surface area (Å²) in [6.07, 6.45) is 1.55. The third-order valence-electron chi connectivity index (χ3n) is 5.85. The summed E-state index contributed by atoms with van der Waals surface area (Å²) < 4.78 is 19.6. The molecule has 0 saturated carbocycles. The molecule has 0 unspecified atom stereocenters. The first kappa shape index (κ1) is 25.5. The molecule has 4 aromatic carbocycles. The first-order chi connectivity index (χ1) is 18.4. The Bertz CT molecular complexity index is 1480. The van der Waals surface area contributed by atoms with Crippen molar-refractivity contribution in [2.75, 3.05) is 9.80 Å². The molecule has 38 heavy (non-hydrogen) atoms. The van der Waals surface area contributed by atoms with Crippen molar-refractivity contribution >= 4 is 62.5 Å². The maximum Gasteiger partial charge on any atom is 0.270 e. The molecule has 8 heteroatoms. The zero-order chi connectivity index (χ0) is 26.6. The van der Waals surface area contributed by atoms with Crippen molar-refractivity contribution in [1.82, 2.24) is 0 Å². The van der Waals surface area contributed by atoms with Crippen LogP contribution in [0.4, 0.5) is 15.8 Å². The summed E-state index contributed by atoms with van der Waals surface area (Å²) in [6.45, 7) is 0.256. The number of para-hydroxylation sites is 2. The Labute approximate surface area is 232 Å². The number of amides is 2. The van der Waals surface area contributed by atoms with Crippen molar-refractivity contribution in [3.63, 3.8) is 0 Å². The van der Waals surface area contributed by atoms with Crippen molar-refractivity contribution in [2.24, 2.45) is 0 Å². The highest BCUT2D eigenvalue weighted by Crippen LogP contribution is 2.32. The Hall–Kier alpha value is -4.14. The molecule has 1 fully saturated rings. The first-order valence-corrected chi connectivity index (χ1v) is 12.8. The van der Waals surface area contributed by atoms with E-state index in [1.807, 2.05) is 12.1 Å². The van der Waals surface area contributed by atoms with Crippen LogP contribution in [0.3, 0.4) is 0 Å². The van der Waals surface area contributed by atoms with Gasteiger partial charge >= 0.3 is 0 Å². The van der Waals surface area contributed by atoms with Crippen LogP contribution in [0.15, 0.2) is 113 Å². The second-order valence-electron chi connectivity index (χ2n) is 8.40. The van der Waals surface area contributed by atoms with Crippen LogP contribution in [0.1, 0.15) is 11.1 Å². The largest absolute Gasteiger partial charge is 0.488 e. The Morgan fingerprint density at radius 3 is 1.87 bits per heavy atom. The van der Waals surface area contributed by atoms with Gasteiger partial charge in [0.1, 0.15) is 23.7 Å². The predicted molar refractivity (Wildman–Crippen MR) is 153 cm³/mol. The lowest BCUT2D eigenvalue weighted by molar-refractivity contribution is -0.120. The van der Waals surface area contributed by atoms with Crippen LogP contribution in [0.2, 0.25) is 0 Å². The van der Waals surface area contributed by atoms with Crippen LogP contribution < -0.4 is 14.5 Å². The van der Waals surface area contributed by atoms with Gasteiger partial charge in [-0.15, -0.1) is 0 Å². The third-order valence-corrected chi connectivity index (χ3v) is 6.84. The molecule has 5 nitrogen and oxygen atoms in total. The number of ether oxygens (including phenoxy) is 1. The maximum absolute atomic E-state index is 13.6. The fourth-order valence-electron chi connectivity index (χ4n) is 3.97. The molecule has 0 atom stereocenters. The number of thiocarbonyl (C=S) groups is 1. The molecule has 5 rings (SSSR count). The van der Waals surface area contributed by atoms with E-state index in [0.29, 0.717) is 27.2 Å². The number of benzene rings is 4. The third kappa shape index (κ3) is 5.27. The van der Waals surface area contributed by atoms with E-state index in [0.717, 1.165) is 5.56 Å². The fraction of sp³-hybridized carbons (Fsp3) is 0.0333. The van der Waals surface area contributed by atoms with Gasteiger partial charge in [0.05, 0.1) is 15.8 Å². The maximum atomic E-state index is 13.6. The van der Waals surface area contributed by atoms with Gasteiger partial charge in [-0.1, -0.05) is 54.6 Å². The van der Waals surface area contributed by atoms with Crippen molar-refractivity contribution in [3.05, 3.63) is 130 Å². The minimum Gasteiger partial charge on any atom is -0.488 e. The van der Waals surface area contributed by atoms with Gasteiger partial charge in [0.25, 0.3) is 11.8 Å². The highest BCUT2D eigenvalue weighted by molar-refractivity contribution is 9.10. The van der Waals surface area contributed by atoms with Crippen LogP contribution in [-0.4, -0.2) is 16.9 Å². The Kier molecular flexibility index (Phi) is 7.44. The molecular formula is C30H20BrFN2O3S. The van der Waals surface area contributed by atoms with Gasteiger partial charge in [0, 0.05) is 0 Å². The van der Waals surface area contributed by atoms with Gasteiger partial charge < -0.3 is 4.74 Å². The first-order valence-electron chi connectivity index (χ1n) is 11.6.